The van der Waals surface area contributed by atoms with Gasteiger partial charge in [-0.3, -0.25) is 9.59 Å². The van der Waals surface area contributed by atoms with Crippen molar-refractivity contribution in [3.63, 3.8) is 0 Å². The number of ether oxygens (including phenoxy) is 2. The van der Waals surface area contributed by atoms with E-state index < -0.39 is 17.9 Å². The van der Waals surface area contributed by atoms with Crippen molar-refractivity contribution in [2.75, 3.05) is 14.2 Å². The Bertz CT molecular complexity index is 379. The second kappa shape index (κ2) is 7.12. The molecule has 4 heteroatoms. The predicted octanol–water partition coefficient (Wildman–Crippen LogP) is 2.50. The van der Waals surface area contributed by atoms with Crippen molar-refractivity contribution in [1.29, 1.82) is 0 Å². The SMILES string of the molecule is CC[C@H](C)C1=CC=C[C@@H](C(C(=O)OC)C(=O)OC)C1. The highest BCUT2D eigenvalue weighted by Gasteiger charge is 2.36. The van der Waals surface area contributed by atoms with Gasteiger partial charge in [0, 0.05) is 5.92 Å². The fourth-order valence-electron chi connectivity index (χ4n) is 2.29. The van der Waals surface area contributed by atoms with Crippen LogP contribution < -0.4 is 0 Å². The van der Waals surface area contributed by atoms with Crippen LogP contribution in [0.5, 0.6) is 0 Å². The largest absolute Gasteiger partial charge is 0.468 e. The first kappa shape index (κ1) is 15.5. The van der Waals surface area contributed by atoms with E-state index in [0.29, 0.717) is 12.3 Å². The Kier molecular flexibility index (Phi) is 5.80. The Labute approximate surface area is 114 Å². The van der Waals surface area contributed by atoms with E-state index in [9.17, 15) is 9.59 Å². The zero-order chi connectivity index (χ0) is 14.4. The maximum atomic E-state index is 11.8. The molecule has 0 amide bonds. The molecule has 0 saturated carbocycles. The smallest absolute Gasteiger partial charge is 0.320 e. The highest BCUT2D eigenvalue weighted by atomic mass is 16.5. The molecule has 0 aromatic carbocycles. The van der Waals surface area contributed by atoms with Crippen LogP contribution in [-0.2, 0) is 19.1 Å². The van der Waals surface area contributed by atoms with Crippen LogP contribution in [0.1, 0.15) is 26.7 Å². The molecule has 0 saturated heterocycles. The summed E-state index contributed by atoms with van der Waals surface area (Å²) in [5, 5.41) is 0. The van der Waals surface area contributed by atoms with Crippen LogP contribution in [0.25, 0.3) is 0 Å². The van der Waals surface area contributed by atoms with Crippen LogP contribution in [0.4, 0.5) is 0 Å². The number of esters is 2. The van der Waals surface area contributed by atoms with Gasteiger partial charge in [0.05, 0.1) is 14.2 Å². The second-order valence-corrected chi connectivity index (χ2v) is 4.83. The zero-order valence-corrected chi connectivity index (χ0v) is 12.0. The van der Waals surface area contributed by atoms with E-state index in [1.807, 2.05) is 12.2 Å². The fourth-order valence-corrected chi connectivity index (χ4v) is 2.29. The highest BCUT2D eigenvalue weighted by Crippen LogP contribution is 2.32. The quantitative estimate of drug-likeness (QED) is 0.566. The summed E-state index contributed by atoms with van der Waals surface area (Å²) in [5.74, 6) is -1.69. The van der Waals surface area contributed by atoms with E-state index in [4.69, 9.17) is 9.47 Å². The van der Waals surface area contributed by atoms with E-state index in [2.05, 4.69) is 19.9 Å². The van der Waals surface area contributed by atoms with E-state index in [1.165, 1.54) is 19.8 Å². The third-order valence-corrected chi connectivity index (χ3v) is 3.72. The molecule has 4 nitrogen and oxygen atoms in total. The normalized spacial score (nSPS) is 19.8. The molecule has 0 N–H and O–H groups in total. The summed E-state index contributed by atoms with van der Waals surface area (Å²) in [6.45, 7) is 4.27. The van der Waals surface area contributed by atoms with Crippen LogP contribution in [0, 0.1) is 17.8 Å². The molecule has 0 heterocycles. The van der Waals surface area contributed by atoms with E-state index in [-0.39, 0.29) is 5.92 Å². The molecule has 0 aliphatic heterocycles. The van der Waals surface area contributed by atoms with Crippen molar-refractivity contribution in [1.82, 2.24) is 0 Å². The third-order valence-electron chi connectivity index (χ3n) is 3.72. The van der Waals surface area contributed by atoms with Gasteiger partial charge in [0.1, 0.15) is 0 Å². The molecule has 0 fully saturated rings. The number of allylic oxidation sites excluding steroid dienone is 4. The van der Waals surface area contributed by atoms with Crippen molar-refractivity contribution in [2.24, 2.45) is 17.8 Å². The van der Waals surface area contributed by atoms with Gasteiger partial charge < -0.3 is 9.47 Å². The first-order valence-electron chi connectivity index (χ1n) is 6.58. The molecule has 19 heavy (non-hydrogen) atoms. The van der Waals surface area contributed by atoms with Crippen molar-refractivity contribution in [3.8, 4) is 0 Å². The number of hydrogen-bond donors (Lipinski definition) is 0. The second-order valence-electron chi connectivity index (χ2n) is 4.83. The van der Waals surface area contributed by atoms with E-state index in [1.54, 1.807) is 0 Å². The number of hydrogen-bond acceptors (Lipinski definition) is 4. The van der Waals surface area contributed by atoms with Gasteiger partial charge in [-0.05, 0) is 18.8 Å². The topological polar surface area (TPSA) is 52.6 Å². The number of rotatable bonds is 5. The Morgan fingerprint density at radius 2 is 1.89 bits per heavy atom. The maximum absolute atomic E-state index is 11.8. The van der Waals surface area contributed by atoms with Gasteiger partial charge >= 0.3 is 11.9 Å². The summed E-state index contributed by atoms with van der Waals surface area (Å²) in [6.07, 6.45) is 7.59. The lowest BCUT2D eigenvalue weighted by atomic mass is 9.79. The van der Waals surface area contributed by atoms with Crippen LogP contribution >= 0.6 is 0 Å². The third kappa shape index (κ3) is 3.69. The molecule has 0 aromatic rings. The van der Waals surface area contributed by atoms with Gasteiger partial charge in [-0.25, -0.2) is 0 Å². The molecular weight excluding hydrogens is 244 g/mol. The van der Waals surface area contributed by atoms with Crippen molar-refractivity contribution >= 4 is 11.9 Å². The van der Waals surface area contributed by atoms with Crippen molar-refractivity contribution < 1.29 is 19.1 Å². The van der Waals surface area contributed by atoms with Gasteiger partial charge in [0.2, 0.25) is 0 Å². The molecule has 0 aromatic heterocycles. The van der Waals surface area contributed by atoms with E-state index >= 15 is 0 Å². The minimum atomic E-state index is -0.876. The Morgan fingerprint density at radius 3 is 2.37 bits per heavy atom. The van der Waals surface area contributed by atoms with Gasteiger partial charge in [0.25, 0.3) is 0 Å². The molecule has 1 aliphatic rings. The number of carbonyl (C=O) groups is 2. The lowest BCUT2D eigenvalue weighted by molar-refractivity contribution is -0.160. The summed E-state index contributed by atoms with van der Waals surface area (Å²) in [5.41, 5.74) is 1.26. The molecule has 0 unspecified atom stereocenters. The zero-order valence-electron chi connectivity index (χ0n) is 12.0. The van der Waals surface area contributed by atoms with Gasteiger partial charge in [-0.2, -0.15) is 0 Å². The predicted molar refractivity (Wildman–Crippen MR) is 72.3 cm³/mol. The van der Waals surface area contributed by atoms with Crippen LogP contribution in [0.2, 0.25) is 0 Å². The summed E-state index contributed by atoms with van der Waals surface area (Å²) >= 11 is 0. The first-order valence-corrected chi connectivity index (χ1v) is 6.58. The summed E-state index contributed by atoms with van der Waals surface area (Å²) in [7, 11) is 2.58. The Balaban J connectivity index is 2.89. The Hall–Kier alpha value is -1.58. The summed E-state index contributed by atoms with van der Waals surface area (Å²) in [4.78, 5) is 23.6. The maximum Gasteiger partial charge on any atom is 0.320 e. The molecule has 1 aliphatic carbocycles. The molecule has 1 rings (SSSR count). The molecule has 0 radical (unpaired) electrons. The monoisotopic (exact) mass is 266 g/mol. The van der Waals surface area contributed by atoms with E-state index in [0.717, 1.165) is 6.42 Å². The van der Waals surface area contributed by atoms with Gasteiger partial charge in [0.15, 0.2) is 5.92 Å². The molecule has 2 atom stereocenters. The average molecular weight is 266 g/mol. The van der Waals surface area contributed by atoms with Crippen LogP contribution in [0.15, 0.2) is 23.8 Å². The van der Waals surface area contributed by atoms with Crippen LogP contribution in [0.3, 0.4) is 0 Å². The van der Waals surface area contributed by atoms with Gasteiger partial charge in [-0.15, -0.1) is 0 Å². The van der Waals surface area contributed by atoms with Crippen LogP contribution in [-0.4, -0.2) is 26.2 Å². The van der Waals surface area contributed by atoms with Crippen molar-refractivity contribution in [3.05, 3.63) is 23.8 Å². The number of methoxy groups -OCH3 is 2. The molecule has 0 spiro atoms. The average Bonchev–Trinajstić information content (AvgIpc) is 2.46. The standard InChI is InChI=1S/C15H22O4/c1-5-10(2)11-7-6-8-12(9-11)13(14(16)18-3)15(17)19-4/h6-8,10,12-13H,5,9H2,1-4H3/t10-,12+/m0/s1. The molecule has 0 bridgehead atoms. The van der Waals surface area contributed by atoms with Gasteiger partial charge in [-0.1, -0.05) is 37.6 Å². The molecular formula is C15H22O4. The first-order chi connectivity index (χ1) is 9.04. The highest BCUT2D eigenvalue weighted by molar-refractivity contribution is 5.95. The summed E-state index contributed by atoms with van der Waals surface area (Å²) in [6, 6.07) is 0. The van der Waals surface area contributed by atoms with Crippen molar-refractivity contribution in [2.45, 2.75) is 26.7 Å². The lowest BCUT2D eigenvalue weighted by Gasteiger charge is -2.26. The summed E-state index contributed by atoms with van der Waals surface area (Å²) < 4.78 is 9.43. The fraction of sp³-hybridized carbons (Fsp3) is 0.600. The Morgan fingerprint density at radius 1 is 1.32 bits per heavy atom. The number of carbonyl (C=O) groups excluding carboxylic acids is 2. The minimum Gasteiger partial charge on any atom is -0.468 e. The molecule has 106 valence electrons. The minimum absolute atomic E-state index is 0.186. The lowest BCUT2D eigenvalue weighted by Crippen LogP contribution is -2.33.